The number of anilines is 1. The smallest absolute Gasteiger partial charge is 0.317 e. The van der Waals surface area contributed by atoms with Crippen LogP contribution in [0.15, 0.2) is 47.4 Å². The van der Waals surface area contributed by atoms with Crippen molar-refractivity contribution in [2.75, 3.05) is 51.3 Å². The summed E-state index contributed by atoms with van der Waals surface area (Å²) in [6.07, 6.45) is 7.51. The van der Waals surface area contributed by atoms with E-state index in [-0.39, 0.29) is 18.0 Å². The van der Waals surface area contributed by atoms with Crippen molar-refractivity contribution in [3.63, 3.8) is 0 Å². The zero-order chi connectivity index (χ0) is 31.4. The van der Waals surface area contributed by atoms with Crippen LogP contribution in [0.1, 0.15) is 50.6 Å². The number of amides is 2. The summed E-state index contributed by atoms with van der Waals surface area (Å²) >= 11 is 6.69. The number of carbonyl (C=O) groups excluding carboxylic acids is 1. The molecule has 1 saturated carbocycles. The Morgan fingerprint density at radius 1 is 1.09 bits per heavy atom. The number of piperidine rings is 1. The number of benzene rings is 2. The molecule has 3 heterocycles. The molecule has 2 atom stereocenters. The number of carbonyl (C=O) groups is 1. The maximum absolute atomic E-state index is 14.7. The number of urea groups is 1. The molecule has 3 fully saturated rings. The molecule has 3 N–H and O–H groups in total. The van der Waals surface area contributed by atoms with E-state index in [4.69, 9.17) is 21.1 Å². The number of hydrogen-bond donors (Lipinski definition) is 3. The minimum atomic E-state index is -2.88. The normalized spacial score (nSPS) is 22.1. The molecule has 2 aliphatic heterocycles. The lowest BCUT2D eigenvalue weighted by Crippen LogP contribution is -2.49. The molecule has 1 aromatic heterocycles. The minimum Gasteiger partial charge on any atom is -0.493 e. The number of likely N-dealkylation sites (tertiary alicyclic amines) is 1. The number of para-hydroxylation sites is 1. The quantitative estimate of drug-likeness (QED) is 0.256. The van der Waals surface area contributed by atoms with Crippen molar-refractivity contribution in [2.45, 2.75) is 68.8 Å². The molecule has 45 heavy (non-hydrogen) atoms. The van der Waals surface area contributed by atoms with Crippen LogP contribution < -0.4 is 15.4 Å². The van der Waals surface area contributed by atoms with Gasteiger partial charge in [0.25, 0.3) is 0 Å². The number of nitrogens with zero attached hydrogens (tertiary/aromatic N) is 2. The van der Waals surface area contributed by atoms with Crippen LogP contribution in [0.4, 0.5) is 10.5 Å². The van der Waals surface area contributed by atoms with Gasteiger partial charge in [0.05, 0.1) is 45.6 Å². The van der Waals surface area contributed by atoms with Gasteiger partial charge in [-0.15, -0.1) is 0 Å². The second-order valence-corrected chi connectivity index (χ2v) is 15.4. The number of H-pyrrole nitrogens is 1. The number of fused-ring (bicyclic) bond motifs is 1. The highest BCUT2D eigenvalue weighted by Crippen LogP contribution is 2.37. The Labute approximate surface area is 272 Å². The van der Waals surface area contributed by atoms with Crippen LogP contribution in [0.5, 0.6) is 5.75 Å². The molecule has 2 unspecified atom stereocenters. The Morgan fingerprint density at radius 3 is 2.60 bits per heavy atom. The lowest BCUT2D eigenvalue weighted by Gasteiger charge is -2.34. The third-order valence-corrected chi connectivity index (χ3v) is 11.9. The molecule has 3 aromatic rings. The van der Waals surface area contributed by atoms with Gasteiger partial charge >= 0.3 is 6.03 Å². The predicted octanol–water partition coefficient (Wildman–Crippen LogP) is 6.07. The summed E-state index contributed by atoms with van der Waals surface area (Å²) in [5.74, 6) is 5.16. The average molecular weight is 656 g/mol. The molecule has 9 nitrogen and oxygen atoms in total. The van der Waals surface area contributed by atoms with Gasteiger partial charge in [0.2, 0.25) is 0 Å². The van der Waals surface area contributed by atoms with E-state index in [0.717, 1.165) is 53.7 Å². The Kier molecular flexibility index (Phi) is 10.1. The lowest BCUT2D eigenvalue weighted by molar-refractivity contribution is 0.102. The first kappa shape index (κ1) is 32.0. The van der Waals surface area contributed by atoms with Crippen molar-refractivity contribution in [3.05, 3.63) is 53.2 Å². The maximum Gasteiger partial charge on any atom is 0.317 e. The van der Waals surface area contributed by atoms with Gasteiger partial charge in [0, 0.05) is 60.3 Å². The van der Waals surface area contributed by atoms with Gasteiger partial charge < -0.3 is 30.0 Å². The third-order valence-electron chi connectivity index (χ3n) is 9.34. The van der Waals surface area contributed by atoms with E-state index < -0.39 is 9.71 Å². The topological polar surface area (TPSA) is 98.9 Å². The maximum atomic E-state index is 14.7. The summed E-state index contributed by atoms with van der Waals surface area (Å²) in [4.78, 5) is 19.0. The first-order chi connectivity index (χ1) is 21.8. The highest BCUT2D eigenvalue weighted by Gasteiger charge is 2.30. The number of aryl methyl sites for hydroxylation is 1. The van der Waals surface area contributed by atoms with Crippen LogP contribution in [-0.2, 0) is 14.4 Å². The first-order valence-corrected chi connectivity index (χ1v) is 18.4. The molecular formula is C34H46ClN5O4S. The number of hydrogen-bond acceptors (Lipinski definition) is 5. The Bertz CT molecular complexity index is 1570. The van der Waals surface area contributed by atoms with E-state index in [1.54, 1.807) is 0 Å². The summed E-state index contributed by atoms with van der Waals surface area (Å²) in [6, 6.07) is 14.1. The average Bonchev–Trinajstić information content (AvgIpc) is 3.20. The van der Waals surface area contributed by atoms with E-state index in [2.05, 4.69) is 21.5 Å². The molecule has 2 saturated heterocycles. The standard InChI is InChI=1S/C34H46ClN5O4S/c1-24-33(45(2,42)40-17-18-43-22-25(21-40)23-44-29-11-7-4-8-12-29)30-19-26(35)20-31(32(30)36-24)37-28-13-15-39(16-14-28)34(41)38-27-9-5-3-6-10-27/h4,7-8,11-12,19-20,25,27-28,36-37H,2-3,5-6,9-10,13-18,21-23H2,1H3,(H,38,41). The lowest BCUT2D eigenvalue weighted by atomic mass is 9.95. The van der Waals surface area contributed by atoms with Crippen molar-refractivity contribution in [3.8, 4) is 5.75 Å². The fourth-order valence-corrected chi connectivity index (χ4v) is 9.26. The molecule has 244 valence electrons. The number of aromatic amines is 1. The van der Waals surface area contributed by atoms with Gasteiger partial charge in [0.15, 0.2) is 0 Å². The second kappa shape index (κ2) is 14.2. The third kappa shape index (κ3) is 7.56. The highest BCUT2D eigenvalue weighted by atomic mass is 35.5. The van der Waals surface area contributed by atoms with Crippen LogP contribution in [0.3, 0.4) is 0 Å². The van der Waals surface area contributed by atoms with Gasteiger partial charge in [-0.3, -0.25) is 0 Å². The number of aromatic nitrogens is 1. The van der Waals surface area contributed by atoms with Crippen molar-refractivity contribution in [2.24, 2.45) is 5.92 Å². The molecule has 11 heteroatoms. The Morgan fingerprint density at radius 2 is 1.84 bits per heavy atom. The largest absolute Gasteiger partial charge is 0.493 e. The molecule has 2 aromatic carbocycles. The highest BCUT2D eigenvalue weighted by molar-refractivity contribution is 7.98. The fraction of sp³-hybridized carbons (Fsp3) is 0.529. The van der Waals surface area contributed by atoms with Gasteiger partial charge in [-0.05, 0) is 62.7 Å². The van der Waals surface area contributed by atoms with Crippen LogP contribution in [0.2, 0.25) is 5.02 Å². The number of ether oxygens (including phenoxy) is 2. The molecule has 3 aliphatic rings. The van der Waals surface area contributed by atoms with Crippen molar-refractivity contribution >= 4 is 49.8 Å². The number of halogens is 1. The molecule has 6 rings (SSSR count). The van der Waals surface area contributed by atoms with Crippen molar-refractivity contribution in [1.29, 1.82) is 0 Å². The van der Waals surface area contributed by atoms with Gasteiger partial charge in [-0.25, -0.2) is 13.3 Å². The second-order valence-electron chi connectivity index (χ2n) is 12.7. The molecule has 2 amide bonds. The minimum absolute atomic E-state index is 0.0391. The SMILES string of the molecule is C=S(=O)(c1c(C)[nH]c2c(NC3CCN(C(=O)NC4CCCCC4)CC3)cc(Cl)cc12)N1CCOCC(COc2ccccc2)C1. The summed E-state index contributed by atoms with van der Waals surface area (Å²) in [5.41, 5.74) is 2.56. The van der Waals surface area contributed by atoms with E-state index >= 15 is 0 Å². The zero-order valence-corrected chi connectivity index (χ0v) is 27.8. The van der Waals surface area contributed by atoms with Crippen LogP contribution in [0.25, 0.3) is 10.9 Å². The molecular weight excluding hydrogens is 610 g/mol. The van der Waals surface area contributed by atoms with Gasteiger partial charge in [-0.1, -0.05) is 49.1 Å². The number of nitrogens with one attached hydrogen (secondary N) is 3. The van der Waals surface area contributed by atoms with E-state index in [9.17, 15) is 9.00 Å². The predicted molar refractivity (Wildman–Crippen MR) is 183 cm³/mol. The van der Waals surface area contributed by atoms with Gasteiger partial charge in [0.1, 0.15) is 5.75 Å². The van der Waals surface area contributed by atoms with E-state index in [1.165, 1.54) is 19.3 Å². The molecule has 0 radical (unpaired) electrons. The summed E-state index contributed by atoms with van der Waals surface area (Å²) in [5, 5.41) is 8.32. The zero-order valence-electron chi connectivity index (χ0n) is 26.2. The van der Waals surface area contributed by atoms with Crippen molar-refractivity contribution < 1.29 is 18.5 Å². The molecule has 1 aliphatic carbocycles. The van der Waals surface area contributed by atoms with E-state index in [0.29, 0.717) is 62.0 Å². The van der Waals surface area contributed by atoms with Crippen LogP contribution in [-0.4, -0.2) is 88.4 Å². The van der Waals surface area contributed by atoms with Crippen molar-refractivity contribution in [1.82, 2.24) is 19.5 Å². The summed E-state index contributed by atoms with van der Waals surface area (Å²) in [6.45, 7) is 5.87. The summed E-state index contributed by atoms with van der Waals surface area (Å²) < 4.78 is 28.5. The van der Waals surface area contributed by atoms with Crippen LogP contribution in [0, 0.1) is 12.8 Å². The Hall–Kier alpha value is -2.92. The first-order valence-electron chi connectivity index (χ1n) is 16.3. The monoisotopic (exact) mass is 655 g/mol. The fourth-order valence-electron chi connectivity index (χ4n) is 6.93. The van der Waals surface area contributed by atoms with Gasteiger partial charge in [-0.2, -0.15) is 0 Å². The molecule has 0 spiro atoms. The Balaban J connectivity index is 1.14. The molecule has 0 bridgehead atoms. The van der Waals surface area contributed by atoms with Crippen LogP contribution >= 0.6 is 11.6 Å². The number of rotatable bonds is 8. The van der Waals surface area contributed by atoms with E-state index in [1.807, 2.05) is 58.6 Å². The summed E-state index contributed by atoms with van der Waals surface area (Å²) in [7, 11) is -2.88.